The molecule has 0 aromatic rings. The third-order valence-electron chi connectivity index (χ3n) is 4.42. The summed E-state index contributed by atoms with van der Waals surface area (Å²) in [5.74, 6) is 0.325. The van der Waals surface area contributed by atoms with Crippen molar-refractivity contribution >= 4 is 5.91 Å². The molecule has 0 radical (unpaired) electrons. The molecular formula is C18H37ClN2O2. The minimum Gasteiger partial charge on any atom is -1.00 e. The van der Waals surface area contributed by atoms with Crippen LogP contribution in [0, 0.1) is 0 Å². The van der Waals surface area contributed by atoms with E-state index in [4.69, 9.17) is 4.74 Å². The molecule has 1 saturated heterocycles. The lowest BCUT2D eigenvalue weighted by Crippen LogP contribution is -3.00. The minimum absolute atomic E-state index is 0. The summed E-state index contributed by atoms with van der Waals surface area (Å²) in [7, 11) is 4.42. The van der Waals surface area contributed by atoms with Crippen LogP contribution in [0.4, 0.5) is 0 Å². The van der Waals surface area contributed by atoms with E-state index in [-0.39, 0.29) is 12.4 Å². The van der Waals surface area contributed by atoms with Crippen molar-refractivity contribution in [2.45, 2.75) is 64.7 Å². The molecule has 0 atom stereocenters. The zero-order chi connectivity index (χ0) is 16.3. The molecule has 0 spiro atoms. The zero-order valence-electron chi connectivity index (χ0n) is 15.5. The number of carbonyl (C=O) groups is 1. The van der Waals surface area contributed by atoms with Crippen LogP contribution in [0.3, 0.4) is 0 Å². The molecular weight excluding hydrogens is 312 g/mol. The Kier molecular flexibility index (Phi) is 12.8. The number of quaternary nitrogens is 1. The maximum absolute atomic E-state index is 11.7. The van der Waals surface area contributed by atoms with Gasteiger partial charge in [0.25, 0.3) is 0 Å². The quantitative estimate of drug-likeness (QED) is 0.356. The van der Waals surface area contributed by atoms with E-state index in [0.717, 1.165) is 56.7 Å². The van der Waals surface area contributed by atoms with E-state index in [2.05, 4.69) is 21.0 Å². The second kappa shape index (κ2) is 13.0. The smallest absolute Gasteiger partial charge is 0.226 e. The highest BCUT2D eigenvalue weighted by Gasteiger charge is 2.26. The summed E-state index contributed by atoms with van der Waals surface area (Å²) in [6, 6.07) is 0. The molecule has 0 N–H and O–H groups in total. The van der Waals surface area contributed by atoms with Gasteiger partial charge in [-0.2, -0.15) is 0 Å². The Morgan fingerprint density at radius 3 is 2.35 bits per heavy atom. The highest BCUT2D eigenvalue weighted by atomic mass is 35.5. The van der Waals surface area contributed by atoms with Gasteiger partial charge in [0.05, 0.1) is 27.2 Å². The van der Waals surface area contributed by atoms with E-state index in [1.165, 1.54) is 38.5 Å². The van der Waals surface area contributed by atoms with E-state index in [1.54, 1.807) is 0 Å². The normalized spacial score (nSPS) is 15.1. The van der Waals surface area contributed by atoms with Gasteiger partial charge >= 0.3 is 0 Å². The average molecular weight is 349 g/mol. The number of nitrogens with zero attached hydrogens (tertiary/aromatic N) is 2. The van der Waals surface area contributed by atoms with Crippen molar-refractivity contribution in [3.63, 3.8) is 0 Å². The van der Waals surface area contributed by atoms with Gasteiger partial charge in [-0.25, -0.2) is 0 Å². The number of hydrogen-bond acceptors (Lipinski definition) is 2. The molecule has 0 aromatic carbocycles. The minimum atomic E-state index is 0. The van der Waals surface area contributed by atoms with Crippen molar-refractivity contribution < 1.29 is 26.4 Å². The van der Waals surface area contributed by atoms with Crippen LogP contribution in [0.15, 0.2) is 0 Å². The van der Waals surface area contributed by atoms with Gasteiger partial charge in [-0.3, -0.25) is 9.69 Å². The molecule has 0 bridgehead atoms. The molecule has 1 heterocycles. The fourth-order valence-corrected chi connectivity index (χ4v) is 3.07. The molecule has 138 valence electrons. The summed E-state index contributed by atoms with van der Waals surface area (Å²) in [6.07, 6.45) is 10.7. The summed E-state index contributed by atoms with van der Waals surface area (Å²) in [4.78, 5) is 13.7. The van der Waals surface area contributed by atoms with Crippen LogP contribution in [-0.4, -0.2) is 62.4 Å². The SMILES string of the molecule is CCCCCCCCOCCC[N+](C)(C)CN1CCCC1=O.[Cl-]. The lowest BCUT2D eigenvalue weighted by Gasteiger charge is -2.33. The molecule has 0 saturated carbocycles. The maximum atomic E-state index is 11.7. The Bertz CT molecular complexity index is 311. The van der Waals surface area contributed by atoms with Gasteiger partial charge in [0.1, 0.15) is 0 Å². The molecule has 0 unspecified atom stereocenters. The van der Waals surface area contributed by atoms with Gasteiger partial charge in [0.2, 0.25) is 5.91 Å². The molecule has 1 amide bonds. The first-order valence-electron chi connectivity index (χ1n) is 9.23. The van der Waals surface area contributed by atoms with Crippen molar-refractivity contribution in [2.24, 2.45) is 0 Å². The standard InChI is InChI=1S/C18H37N2O2.ClH/c1-4-5-6-7-8-9-15-22-16-11-14-20(2,3)17-19-13-10-12-18(19)21;/h4-17H2,1-3H3;1H/q+1;/p-1. The Balaban J connectivity index is 0.00000484. The molecule has 1 rings (SSSR count). The van der Waals surface area contributed by atoms with E-state index in [0.29, 0.717) is 5.91 Å². The third-order valence-corrected chi connectivity index (χ3v) is 4.42. The fourth-order valence-electron chi connectivity index (χ4n) is 3.07. The monoisotopic (exact) mass is 348 g/mol. The van der Waals surface area contributed by atoms with Gasteiger partial charge in [-0.1, -0.05) is 39.0 Å². The number of ether oxygens (including phenoxy) is 1. The van der Waals surface area contributed by atoms with Gasteiger partial charge in [-0.15, -0.1) is 0 Å². The number of rotatable bonds is 13. The molecule has 1 aliphatic heterocycles. The first-order valence-corrected chi connectivity index (χ1v) is 9.23. The van der Waals surface area contributed by atoms with Crippen molar-refractivity contribution in [1.29, 1.82) is 0 Å². The second-order valence-electron chi connectivity index (χ2n) is 7.30. The predicted octanol–water partition coefficient (Wildman–Crippen LogP) is 0.414. The highest BCUT2D eigenvalue weighted by molar-refractivity contribution is 5.77. The van der Waals surface area contributed by atoms with Crippen LogP contribution >= 0.6 is 0 Å². The summed E-state index contributed by atoms with van der Waals surface area (Å²) >= 11 is 0. The van der Waals surface area contributed by atoms with Gasteiger partial charge in [0, 0.05) is 26.0 Å². The predicted molar refractivity (Wildman–Crippen MR) is 91.6 cm³/mol. The van der Waals surface area contributed by atoms with E-state index >= 15 is 0 Å². The van der Waals surface area contributed by atoms with Crippen LogP contribution in [0.5, 0.6) is 0 Å². The summed E-state index contributed by atoms with van der Waals surface area (Å²) < 4.78 is 6.62. The lowest BCUT2D eigenvalue weighted by atomic mass is 10.1. The number of amides is 1. The average Bonchev–Trinajstić information content (AvgIpc) is 2.85. The summed E-state index contributed by atoms with van der Waals surface area (Å²) in [5.41, 5.74) is 0. The molecule has 1 aliphatic rings. The van der Waals surface area contributed by atoms with E-state index in [1.807, 2.05) is 4.90 Å². The summed E-state index contributed by atoms with van der Waals surface area (Å²) in [5, 5.41) is 0. The Morgan fingerprint density at radius 2 is 1.70 bits per heavy atom. The Morgan fingerprint density at radius 1 is 1.04 bits per heavy atom. The van der Waals surface area contributed by atoms with Crippen molar-refractivity contribution in [2.75, 3.05) is 47.1 Å². The first kappa shape index (κ1) is 22.7. The van der Waals surface area contributed by atoms with Crippen LogP contribution in [0.2, 0.25) is 0 Å². The van der Waals surface area contributed by atoms with Crippen molar-refractivity contribution in [1.82, 2.24) is 4.90 Å². The molecule has 0 aliphatic carbocycles. The summed E-state index contributed by atoms with van der Waals surface area (Å²) in [6.45, 7) is 6.86. The Labute approximate surface area is 149 Å². The molecule has 0 aromatic heterocycles. The van der Waals surface area contributed by atoms with Crippen LogP contribution in [-0.2, 0) is 9.53 Å². The number of hydrogen-bond donors (Lipinski definition) is 0. The fraction of sp³-hybridized carbons (Fsp3) is 0.944. The van der Waals surface area contributed by atoms with Gasteiger partial charge in [-0.05, 0) is 12.8 Å². The Hall–Kier alpha value is -0.320. The third kappa shape index (κ3) is 11.0. The second-order valence-corrected chi connectivity index (χ2v) is 7.30. The van der Waals surface area contributed by atoms with Crippen molar-refractivity contribution in [3.05, 3.63) is 0 Å². The number of likely N-dealkylation sites (tertiary alicyclic amines) is 1. The van der Waals surface area contributed by atoms with Crippen LogP contribution < -0.4 is 12.4 Å². The molecule has 4 nitrogen and oxygen atoms in total. The topological polar surface area (TPSA) is 29.5 Å². The largest absolute Gasteiger partial charge is 1.00 e. The molecule has 23 heavy (non-hydrogen) atoms. The first-order chi connectivity index (χ1) is 10.5. The zero-order valence-corrected chi connectivity index (χ0v) is 16.2. The maximum Gasteiger partial charge on any atom is 0.226 e. The van der Waals surface area contributed by atoms with Crippen LogP contribution in [0.1, 0.15) is 64.7 Å². The van der Waals surface area contributed by atoms with Crippen LogP contribution in [0.25, 0.3) is 0 Å². The number of unbranched alkanes of at least 4 members (excludes halogenated alkanes) is 5. The van der Waals surface area contributed by atoms with Gasteiger partial charge < -0.3 is 21.6 Å². The van der Waals surface area contributed by atoms with Crippen molar-refractivity contribution in [3.8, 4) is 0 Å². The lowest BCUT2D eigenvalue weighted by molar-refractivity contribution is -0.899. The molecule has 1 fully saturated rings. The van der Waals surface area contributed by atoms with E-state index in [9.17, 15) is 4.79 Å². The highest BCUT2D eigenvalue weighted by Crippen LogP contribution is 2.13. The molecule has 5 heteroatoms. The number of halogens is 1. The van der Waals surface area contributed by atoms with Gasteiger partial charge in [0.15, 0.2) is 6.67 Å². The van der Waals surface area contributed by atoms with E-state index < -0.39 is 0 Å². The number of carbonyl (C=O) groups excluding carboxylic acids is 1.